The monoisotopic (exact) mass is 447 g/mol. The second-order valence-electron chi connectivity index (χ2n) is 7.70. The Labute approximate surface area is 189 Å². The number of amides is 1. The summed E-state index contributed by atoms with van der Waals surface area (Å²) >= 11 is 1.52. The van der Waals surface area contributed by atoms with Gasteiger partial charge < -0.3 is 19.5 Å². The molecule has 1 saturated heterocycles. The maximum absolute atomic E-state index is 13.2. The van der Waals surface area contributed by atoms with Gasteiger partial charge in [-0.05, 0) is 52.9 Å². The number of carbonyl (C=O) groups is 2. The maximum atomic E-state index is 13.2. The average Bonchev–Trinajstić information content (AvgIpc) is 3.55. The van der Waals surface area contributed by atoms with E-state index in [1.807, 2.05) is 35.7 Å². The summed E-state index contributed by atoms with van der Waals surface area (Å²) in [7, 11) is 1.56. The van der Waals surface area contributed by atoms with E-state index in [4.69, 9.17) is 9.47 Å². The fourth-order valence-electron chi connectivity index (χ4n) is 4.26. The number of methoxy groups -OCH3 is 1. The number of aliphatic hydroxyl groups is 1. The van der Waals surface area contributed by atoms with Gasteiger partial charge in [-0.25, -0.2) is 0 Å². The van der Waals surface area contributed by atoms with E-state index in [1.54, 1.807) is 31.4 Å². The van der Waals surface area contributed by atoms with Crippen LogP contribution in [0.5, 0.6) is 11.5 Å². The number of fused-ring (bicyclic) bond motifs is 1. The Bertz CT molecular complexity index is 1230. The molecule has 2 aliphatic rings. The molecule has 2 aliphatic heterocycles. The van der Waals surface area contributed by atoms with Crippen molar-refractivity contribution >= 4 is 28.8 Å². The number of ether oxygens (including phenoxy) is 2. The van der Waals surface area contributed by atoms with Crippen LogP contribution in [0.4, 0.5) is 0 Å². The maximum Gasteiger partial charge on any atom is 0.295 e. The van der Waals surface area contributed by atoms with Crippen LogP contribution >= 0.6 is 11.3 Å². The Morgan fingerprint density at radius 2 is 2.06 bits per heavy atom. The SMILES string of the molecule is COc1cccc(C2/C(=C(/O)c3ccc4c(c3)CCO4)C(=O)C(=O)N2Cc2cccs2)c1. The highest BCUT2D eigenvalue weighted by molar-refractivity contribution is 7.09. The third kappa shape index (κ3) is 3.44. The van der Waals surface area contributed by atoms with Crippen molar-refractivity contribution in [3.63, 3.8) is 0 Å². The molecule has 0 saturated carbocycles. The summed E-state index contributed by atoms with van der Waals surface area (Å²) in [5, 5.41) is 13.2. The van der Waals surface area contributed by atoms with E-state index in [9.17, 15) is 14.7 Å². The van der Waals surface area contributed by atoms with Gasteiger partial charge in [0.1, 0.15) is 17.3 Å². The van der Waals surface area contributed by atoms with Crippen molar-refractivity contribution in [1.29, 1.82) is 0 Å². The molecule has 1 fully saturated rings. The molecule has 1 aromatic heterocycles. The summed E-state index contributed by atoms with van der Waals surface area (Å²) in [5.74, 6) is -0.108. The number of thiophene rings is 1. The Morgan fingerprint density at radius 1 is 1.19 bits per heavy atom. The number of benzene rings is 2. The lowest BCUT2D eigenvalue weighted by atomic mass is 9.94. The molecule has 3 heterocycles. The largest absolute Gasteiger partial charge is 0.507 e. The van der Waals surface area contributed by atoms with Crippen LogP contribution in [-0.2, 0) is 22.6 Å². The number of nitrogens with zero attached hydrogens (tertiary/aromatic N) is 1. The van der Waals surface area contributed by atoms with Gasteiger partial charge in [-0.3, -0.25) is 9.59 Å². The van der Waals surface area contributed by atoms with Crippen LogP contribution in [0.25, 0.3) is 5.76 Å². The highest BCUT2D eigenvalue weighted by Crippen LogP contribution is 2.42. The van der Waals surface area contributed by atoms with Crippen LogP contribution in [0.2, 0.25) is 0 Å². The minimum Gasteiger partial charge on any atom is -0.507 e. The minimum absolute atomic E-state index is 0.0821. The highest BCUT2D eigenvalue weighted by Gasteiger charge is 2.46. The van der Waals surface area contributed by atoms with E-state index in [-0.39, 0.29) is 17.9 Å². The molecule has 32 heavy (non-hydrogen) atoms. The number of ketones is 1. The second kappa shape index (κ2) is 8.16. The smallest absolute Gasteiger partial charge is 0.295 e. The molecule has 0 bridgehead atoms. The van der Waals surface area contributed by atoms with Crippen molar-refractivity contribution in [2.75, 3.05) is 13.7 Å². The molecular weight excluding hydrogens is 426 g/mol. The number of rotatable bonds is 5. The molecule has 3 aromatic rings. The molecule has 0 spiro atoms. The number of Topliss-reactive ketones (excluding diaryl/α,β-unsaturated/α-hetero) is 1. The zero-order valence-electron chi connectivity index (χ0n) is 17.4. The van der Waals surface area contributed by atoms with Gasteiger partial charge in [-0.15, -0.1) is 11.3 Å². The summed E-state index contributed by atoms with van der Waals surface area (Å²) in [6.45, 7) is 0.869. The van der Waals surface area contributed by atoms with Crippen molar-refractivity contribution in [1.82, 2.24) is 4.90 Å². The minimum atomic E-state index is -0.725. The van der Waals surface area contributed by atoms with Crippen LogP contribution in [0, 0.1) is 0 Å². The molecule has 5 rings (SSSR count). The van der Waals surface area contributed by atoms with Crippen LogP contribution in [-0.4, -0.2) is 35.4 Å². The van der Waals surface area contributed by atoms with E-state index >= 15 is 0 Å². The Hall–Kier alpha value is -3.58. The van der Waals surface area contributed by atoms with E-state index in [1.165, 1.54) is 16.2 Å². The predicted octanol–water partition coefficient (Wildman–Crippen LogP) is 4.31. The molecule has 2 aromatic carbocycles. The molecule has 0 aliphatic carbocycles. The third-order valence-corrected chi connectivity index (χ3v) is 6.68. The first-order valence-electron chi connectivity index (χ1n) is 10.3. The lowest BCUT2D eigenvalue weighted by molar-refractivity contribution is -0.140. The van der Waals surface area contributed by atoms with Crippen LogP contribution < -0.4 is 9.47 Å². The zero-order chi connectivity index (χ0) is 22.2. The van der Waals surface area contributed by atoms with E-state index in [0.29, 0.717) is 23.5 Å². The molecule has 7 heteroatoms. The summed E-state index contributed by atoms with van der Waals surface area (Å²) in [6.07, 6.45) is 0.739. The number of likely N-dealkylation sites (tertiary alicyclic amines) is 1. The van der Waals surface area contributed by atoms with Crippen molar-refractivity contribution in [2.24, 2.45) is 0 Å². The Kier molecular flexibility index (Phi) is 5.19. The quantitative estimate of drug-likeness (QED) is 0.358. The summed E-state index contributed by atoms with van der Waals surface area (Å²) in [6, 6.07) is 15.7. The fourth-order valence-corrected chi connectivity index (χ4v) is 4.96. The van der Waals surface area contributed by atoms with Gasteiger partial charge >= 0.3 is 0 Å². The lowest BCUT2D eigenvalue weighted by Crippen LogP contribution is -2.28. The molecule has 1 N–H and O–H groups in total. The van der Waals surface area contributed by atoms with Gasteiger partial charge in [0.25, 0.3) is 11.7 Å². The third-order valence-electron chi connectivity index (χ3n) is 5.82. The van der Waals surface area contributed by atoms with E-state index in [2.05, 4.69) is 0 Å². The standard InChI is InChI=1S/C25H21NO5S/c1-30-18-5-2-4-16(13-18)22-21(23(27)17-7-8-20-15(12-17)9-10-31-20)24(28)25(29)26(22)14-19-6-3-11-32-19/h2-8,11-13,22,27H,9-10,14H2,1H3/b23-21-. The fraction of sp³-hybridized carbons (Fsp3) is 0.200. The molecule has 1 amide bonds. The first-order chi connectivity index (χ1) is 15.6. The zero-order valence-corrected chi connectivity index (χ0v) is 18.2. The van der Waals surface area contributed by atoms with E-state index in [0.717, 1.165) is 22.6 Å². The number of carbonyl (C=O) groups excluding carboxylic acids is 2. The second-order valence-corrected chi connectivity index (χ2v) is 8.74. The number of hydrogen-bond donors (Lipinski definition) is 1. The van der Waals surface area contributed by atoms with Crippen LogP contribution in [0.15, 0.2) is 65.6 Å². The first-order valence-corrected chi connectivity index (χ1v) is 11.2. The van der Waals surface area contributed by atoms with Gasteiger partial charge in [-0.2, -0.15) is 0 Å². The molecule has 162 valence electrons. The van der Waals surface area contributed by atoms with Crippen molar-refractivity contribution in [3.05, 3.63) is 87.1 Å². The lowest BCUT2D eigenvalue weighted by Gasteiger charge is -2.25. The summed E-state index contributed by atoms with van der Waals surface area (Å²) < 4.78 is 10.9. The van der Waals surface area contributed by atoms with Crippen molar-refractivity contribution in [3.8, 4) is 11.5 Å². The normalized spacial score (nSPS) is 19.2. The molecule has 0 radical (unpaired) electrons. The number of hydrogen-bond acceptors (Lipinski definition) is 6. The molecule has 6 nitrogen and oxygen atoms in total. The van der Waals surface area contributed by atoms with Gasteiger partial charge in [0, 0.05) is 16.9 Å². The molecule has 1 unspecified atom stereocenters. The Balaban J connectivity index is 1.65. The van der Waals surface area contributed by atoms with Crippen LogP contribution in [0.1, 0.15) is 27.6 Å². The summed E-state index contributed by atoms with van der Waals surface area (Å²) in [5.41, 5.74) is 2.25. The Morgan fingerprint density at radius 3 is 2.84 bits per heavy atom. The first kappa shape index (κ1) is 20.3. The van der Waals surface area contributed by atoms with E-state index < -0.39 is 17.7 Å². The van der Waals surface area contributed by atoms with Crippen LogP contribution in [0.3, 0.4) is 0 Å². The van der Waals surface area contributed by atoms with Crippen molar-refractivity contribution in [2.45, 2.75) is 19.0 Å². The highest BCUT2D eigenvalue weighted by atomic mass is 32.1. The topological polar surface area (TPSA) is 76.1 Å². The molecule has 1 atom stereocenters. The molecular formula is C25H21NO5S. The van der Waals surface area contributed by atoms with Gasteiger partial charge in [-0.1, -0.05) is 18.2 Å². The van der Waals surface area contributed by atoms with Gasteiger partial charge in [0.2, 0.25) is 0 Å². The predicted molar refractivity (Wildman–Crippen MR) is 121 cm³/mol. The number of aliphatic hydroxyl groups excluding tert-OH is 1. The average molecular weight is 448 g/mol. The van der Waals surface area contributed by atoms with Crippen molar-refractivity contribution < 1.29 is 24.2 Å². The summed E-state index contributed by atoms with van der Waals surface area (Å²) in [4.78, 5) is 28.7. The van der Waals surface area contributed by atoms with Gasteiger partial charge in [0.05, 0.1) is 31.9 Å². The van der Waals surface area contributed by atoms with Gasteiger partial charge in [0.15, 0.2) is 0 Å².